The van der Waals surface area contributed by atoms with Crippen LogP contribution in [0.2, 0.25) is 0 Å². The number of para-hydroxylation sites is 1. The first-order valence-electron chi connectivity index (χ1n) is 15.0. The van der Waals surface area contributed by atoms with Gasteiger partial charge in [0.15, 0.2) is 10.6 Å². The molecule has 0 atom stereocenters. The Morgan fingerprint density at radius 3 is 2.37 bits per heavy atom. The van der Waals surface area contributed by atoms with E-state index < -0.39 is 6.36 Å². The van der Waals surface area contributed by atoms with Gasteiger partial charge in [-0.15, -0.1) is 29.6 Å². The number of aromatic nitrogens is 4. The number of carbonyl (C=O) groups is 1. The third-order valence-corrected chi connectivity index (χ3v) is 8.58. The van der Waals surface area contributed by atoms with Gasteiger partial charge in [0.05, 0.1) is 11.4 Å². The van der Waals surface area contributed by atoms with E-state index in [9.17, 15) is 18.0 Å². The average molecular weight is 648 g/mol. The number of hydrogen-bond acceptors (Lipinski definition) is 5. The number of halogens is 3. The van der Waals surface area contributed by atoms with Gasteiger partial charge in [-0.25, -0.2) is 9.67 Å². The molecule has 0 aliphatic rings. The Morgan fingerprint density at radius 2 is 1.70 bits per heavy atom. The highest BCUT2D eigenvalue weighted by Gasteiger charge is 2.31. The number of amides is 1. The summed E-state index contributed by atoms with van der Waals surface area (Å²) in [6.45, 7) is 10.7. The van der Waals surface area contributed by atoms with E-state index in [2.05, 4.69) is 64.2 Å². The third kappa shape index (κ3) is 8.20. The van der Waals surface area contributed by atoms with Crippen LogP contribution in [0, 0.1) is 12.3 Å². The number of alkyl halides is 3. The highest BCUT2D eigenvalue weighted by molar-refractivity contribution is 7.07. The SMILES string of the molecule is Cc1csc(=NC(=O)CCC(C)(C)Cc2ccc(-c3ncn(-c4ccc(OC(F)(F)F)cc4)n3)cc2)n1-c1ccccc1C(C)C. The standard InChI is InChI=1S/C35H36F3N5O2S/c1-23(2)29-8-6-7-9-30(29)43-24(3)21-46-33(43)40-31(44)18-19-34(4,5)20-25-10-12-26(13-11-25)32-39-22-42(41-32)27-14-16-28(17-15-27)45-35(36,37)38/h6-17,21-23H,18-20H2,1-5H3. The van der Waals surface area contributed by atoms with Gasteiger partial charge in [0.1, 0.15) is 12.1 Å². The van der Waals surface area contributed by atoms with Gasteiger partial charge in [0.25, 0.3) is 0 Å². The Kier molecular flexibility index (Phi) is 9.62. The summed E-state index contributed by atoms with van der Waals surface area (Å²) in [6, 6.07) is 21.6. The number of carbonyl (C=O) groups excluding carboxylic acids is 1. The van der Waals surface area contributed by atoms with Crippen molar-refractivity contribution in [3.8, 4) is 28.5 Å². The molecule has 7 nitrogen and oxygen atoms in total. The van der Waals surface area contributed by atoms with Gasteiger partial charge in [-0.05, 0) is 72.6 Å². The molecule has 5 aromatic rings. The van der Waals surface area contributed by atoms with E-state index in [0.29, 0.717) is 35.1 Å². The molecule has 0 spiro atoms. The Morgan fingerprint density at radius 1 is 1.00 bits per heavy atom. The van der Waals surface area contributed by atoms with E-state index in [1.807, 2.05) is 48.7 Å². The lowest BCUT2D eigenvalue weighted by Crippen LogP contribution is -2.20. The normalized spacial score (nSPS) is 12.6. The lowest BCUT2D eigenvalue weighted by molar-refractivity contribution is -0.274. The van der Waals surface area contributed by atoms with Crippen molar-refractivity contribution < 1.29 is 22.7 Å². The van der Waals surface area contributed by atoms with E-state index in [-0.39, 0.29) is 17.1 Å². The first-order chi connectivity index (χ1) is 21.8. The van der Waals surface area contributed by atoms with Crippen LogP contribution in [0.3, 0.4) is 0 Å². The number of hydrogen-bond donors (Lipinski definition) is 0. The summed E-state index contributed by atoms with van der Waals surface area (Å²) < 4.78 is 44.8. The Balaban J connectivity index is 1.21. The molecule has 0 saturated heterocycles. The van der Waals surface area contributed by atoms with Gasteiger partial charge < -0.3 is 4.74 Å². The summed E-state index contributed by atoms with van der Waals surface area (Å²) in [6.07, 6.45) is -1.43. The number of nitrogens with zero attached hydrogens (tertiary/aromatic N) is 5. The minimum atomic E-state index is -4.75. The van der Waals surface area contributed by atoms with E-state index in [1.165, 1.54) is 52.2 Å². The van der Waals surface area contributed by atoms with Crippen molar-refractivity contribution in [1.29, 1.82) is 0 Å². The van der Waals surface area contributed by atoms with E-state index >= 15 is 0 Å². The van der Waals surface area contributed by atoms with Crippen molar-refractivity contribution in [3.05, 3.63) is 106 Å². The van der Waals surface area contributed by atoms with E-state index in [4.69, 9.17) is 0 Å². The van der Waals surface area contributed by atoms with E-state index in [1.54, 1.807) is 0 Å². The van der Waals surface area contributed by atoms with Crippen LogP contribution >= 0.6 is 11.3 Å². The average Bonchev–Trinajstić information content (AvgIpc) is 3.63. The molecule has 0 N–H and O–H groups in total. The van der Waals surface area contributed by atoms with Crippen LogP contribution in [-0.4, -0.2) is 31.6 Å². The summed E-state index contributed by atoms with van der Waals surface area (Å²) in [5.41, 5.74) is 5.66. The Bertz CT molecular complexity index is 1870. The molecule has 2 heterocycles. The van der Waals surface area contributed by atoms with Crippen LogP contribution in [0.1, 0.15) is 63.3 Å². The maximum absolute atomic E-state index is 13.1. The van der Waals surface area contributed by atoms with Crippen LogP contribution in [0.4, 0.5) is 13.2 Å². The molecule has 0 fully saturated rings. The quantitative estimate of drug-likeness (QED) is 0.152. The third-order valence-electron chi connectivity index (χ3n) is 7.64. The molecule has 0 bridgehead atoms. The zero-order valence-corrected chi connectivity index (χ0v) is 27.2. The molecule has 5 rings (SSSR count). The molecule has 0 unspecified atom stereocenters. The number of thiazole rings is 1. The van der Waals surface area contributed by atoms with E-state index in [0.717, 1.165) is 28.9 Å². The smallest absolute Gasteiger partial charge is 0.406 e. The molecule has 0 aliphatic heterocycles. The minimum absolute atomic E-state index is 0.134. The van der Waals surface area contributed by atoms with Gasteiger partial charge in [0, 0.05) is 23.1 Å². The maximum atomic E-state index is 13.1. The van der Waals surface area contributed by atoms with Crippen molar-refractivity contribution in [2.45, 2.75) is 66.2 Å². The van der Waals surface area contributed by atoms with Crippen LogP contribution < -0.4 is 9.54 Å². The lowest BCUT2D eigenvalue weighted by atomic mass is 9.81. The van der Waals surface area contributed by atoms with Gasteiger partial charge in [0.2, 0.25) is 5.91 Å². The van der Waals surface area contributed by atoms with Crippen LogP contribution in [-0.2, 0) is 11.2 Å². The van der Waals surface area contributed by atoms with Gasteiger partial charge in [-0.1, -0.05) is 70.2 Å². The van der Waals surface area contributed by atoms with Crippen molar-refractivity contribution in [2.24, 2.45) is 10.4 Å². The van der Waals surface area contributed by atoms with Crippen LogP contribution in [0.5, 0.6) is 5.75 Å². The predicted molar refractivity (Wildman–Crippen MR) is 173 cm³/mol. The second kappa shape index (κ2) is 13.5. The molecule has 1 amide bonds. The molecule has 240 valence electrons. The molecule has 11 heteroatoms. The van der Waals surface area contributed by atoms with Crippen molar-refractivity contribution in [2.75, 3.05) is 0 Å². The maximum Gasteiger partial charge on any atom is 0.573 e. The van der Waals surface area contributed by atoms with Crippen molar-refractivity contribution in [3.63, 3.8) is 0 Å². The minimum Gasteiger partial charge on any atom is -0.406 e. The zero-order valence-electron chi connectivity index (χ0n) is 26.4. The largest absolute Gasteiger partial charge is 0.573 e. The lowest BCUT2D eigenvalue weighted by Gasteiger charge is -2.24. The summed E-state index contributed by atoms with van der Waals surface area (Å²) in [4.78, 5) is 22.6. The number of rotatable bonds is 10. The Hall–Kier alpha value is -4.51. The molecule has 0 aliphatic carbocycles. The molecule has 2 aromatic heterocycles. The first kappa shape index (κ1) is 32.9. The fraction of sp³-hybridized carbons (Fsp3) is 0.314. The van der Waals surface area contributed by atoms with Gasteiger partial charge in [-0.2, -0.15) is 4.99 Å². The molecule has 0 radical (unpaired) electrons. The molecule has 46 heavy (non-hydrogen) atoms. The molecule has 0 saturated carbocycles. The topological polar surface area (TPSA) is 74.3 Å². The number of ether oxygens (including phenoxy) is 1. The highest BCUT2D eigenvalue weighted by Crippen LogP contribution is 2.29. The molecular weight excluding hydrogens is 611 g/mol. The fourth-order valence-electron chi connectivity index (χ4n) is 5.28. The first-order valence-corrected chi connectivity index (χ1v) is 15.9. The summed E-state index contributed by atoms with van der Waals surface area (Å²) in [7, 11) is 0. The highest BCUT2D eigenvalue weighted by atomic mass is 32.1. The monoisotopic (exact) mass is 647 g/mol. The van der Waals surface area contributed by atoms with Crippen LogP contribution in [0.15, 0.2) is 89.5 Å². The van der Waals surface area contributed by atoms with Crippen molar-refractivity contribution >= 4 is 17.2 Å². The fourth-order valence-corrected chi connectivity index (χ4v) is 6.17. The summed E-state index contributed by atoms with van der Waals surface area (Å²) in [5, 5.41) is 6.51. The number of benzene rings is 3. The summed E-state index contributed by atoms with van der Waals surface area (Å²) >= 11 is 1.48. The summed E-state index contributed by atoms with van der Waals surface area (Å²) in [5.74, 6) is 0.394. The predicted octanol–water partition coefficient (Wildman–Crippen LogP) is 8.59. The van der Waals surface area contributed by atoms with Crippen LogP contribution in [0.25, 0.3) is 22.8 Å². The molecule has 3 aromatic carbocycles. The second-order valence-corrected chi connectivity index (χ2v) is 13.1. The second-order valence-electron chi connectivity index (χ2n) is 12.3. The zero-order chi connectivity index (χ0) is 33.1. The Labute approximate surface area is 270 Å². The van der Waals surface area contributed by atoms with Gasteiger partial charge in [-0.3, -0.25) is 9.36 Å². The molecular formula is C35H36F3N5O2S. The number of aryl methyl sites for hydroxylation is 1. The van der Waals surface area contributed by atoms with Crippen molar-refractivity contribution in [1.82, 2.24) is 19.3 Å². The van der Waals surface area contributed by atoms with Gasteiger partial charge >= 0.3 is 6.36 Å².